The predicted octanol–water partition coefficient (Wildman–Crippen LogP) is 1.33. The molecule has 0 bridgehead atoms. The van der Waals surface area contributed by atoms with Crippen LogP contribution in [0.15, 0.2) is 4.52 Å². The summed E-state index contributed by atoms with van der Waals surface area (Å²) in [6.07, 6.45) is 0.862. The van der Waals surface area contributed by atoms with Crippen molar-refractivity contribution in [1.82, 2.24) is 10.1 Å². The van der Waals surface area contributed by atoms with Crippen molar-refractivity contribution in [1.29, 1.82) is 0 Å². The summed E-state index contributed by atoms with van der Waals surface area (Å²) in [4.78, 5) is 4.26. The summed E-state index contributed by atoms with van der Waals surface area (Å²) in [7, 11) is 0. The number of nitrogens with two attached hydrogens (primary N) is 1. The predicted molar refractivity (Wildman–Crippen MR) is 50.3 cm³/mol. The highest BCUT2D eigenvalue weighted by Gasteiger charge is 2.12. The number of aromatic nitrogens is 2. The first-order chi connectivity index (χ1) is 6.13. The first kappa shape index (κ1) is 10.2. The first-order valence-corrected chi connectivity index (χ1v) is 4.66. The summed E-state index contributed by atoms with van der Waals surface area (Å²) >= 11 is 0. The fraction of sp³-hybridized carbons (Fsp3) is 0.778. The van der Waals surface area contributed by atoms with Gasteiger partial charge in [0.15, 0.2) is 5.82 Å². The monoisotopic (exact) mass is 183 g/mol. The fourth-order valence-electron chi connectivity index (χ4n) is 1.02. The highest BCUT2D eigenvalue weighted by molar-refractivity contribution is 4.93. The van der Waals surface area contributed by atoms with Crippen LogP contribution < -0.4 is 5.73 Å². The first-order valence-electron chi connectivity index (χ1n) is 4.66. The zero-order valence-electron chi connectivity index (χ0n) is 8.45. The minimum atomic E-state index is 0.161. The molecule has 1 heterocycles. The molecule has 2 N–H and O–H groups in total. The summed E-state index contributed by atoms with van der Waals surface area (Å²) in [5, 5.41) is 3.88. The van der Waals surface area contributed by atoms with E-state index >= 15 is 0 Å². The Kier molecular flexibility index (Phi) is 3.42. The largest absolute Gasteiger partial charge is 0.339 e. The van der Waals surface area contributed by atoms with E-state index in [0.717, 1.165) is 12.2 Å². The van der Waals surface area contributed by atoms with Crippen LogP contribution in [0.3, 0.4) is 0 Å². The normalized spacial score (nSPS) is 13.6. The zero-order chi connectivity index (χ0) is 9.84. The molecular weight excluding hydrogens is 166 g/mol. The minimum Gasteiger partial charge on any atom is -0.339 e. The molecule has 13 heavy (non-hydrogen) atoms. The van der Waals surface area contributed by atoms with E-state index in [-0.39, 0.29) is 5.92 Å². The Hall–Kier alpha value is -0.900. The summed E-state index contributed by atoms with van der Waals surface area (Å²) in [6, 6.07) is 0. The van der Waals surface area contributed by atoms with Gasteiger partial charge in [-0.3, -0.25) is 0 Å². The van der Waals surface area contributed by atoms with E-state index in [1.54, 1.807) is 0 Å². The van der Waals surface area contributed by atoms with Crippen molar-refractivity contribution in [3.05, 3.63) is 11.7 Å². The third kappa shape index (κ3) is 2.81. The van der Waals surface area contributed by atoms with Gasteiger partial charge in [-0.2, -0.15) is 4.98 Å². The summed E-state index contributed by atoms with van der Waals surface area (Å²) in [5.41, 5.74) is 5.49. The molecule has 1 aromatic heterocycles. The molecule has 1 rings (SSSR count). The van der Waals surface area contributed by atoms with Crippen molar-refractivity contribution in [2.75, 3.05) is 6.54 Å². The maximum absolute atomic E-state index is 5.49. The Morgan fingerprint density at radius 1 is 1.38 bits per heavy atom. The van der Waals surface area contributed by atoms with Crippen LogP contribution in [-0.4, -0.2) is 16.7 Å². The number of nitrogens with zero attached hydrogens (tertiary/aromatic N) is 2. The molecular formula is C9H17N3O. The molecule has 0 aliphatic carbocycles. The lowest BCUT2D eigenvalue weighted by Gasteiger charge is -1.99. The lowest BCUT2D eigenvalue weighted by Crippen LogP contribution is -2.09. The molecule has 4 nitrogen and oxygen atoms in total. The summed E-state index contributed by atoms with van der Waals surface area (Å²) in [6.45, 7) is 6.78. The second kappa shape index (κ2) is 4.37. The molecule has 0 amide bonds. The van der Waals surface area contributed by atoms with Crippen molar-refractivity contribution in [2.24, 2.45) is 11.7 Å². The van der Waals surface area contributed by atoms with Crippen molar-refractivity contribution in [3.63, 3.8) is 0 Å². The summed E-state index contributed by atoms with van der Waals surface area (Å²) < 4.78 is 5.08. The Balaban J connectivity index is 2.63. The van der Waals surface area contributed by atoms with Gasteiger partial charge in [0.2, 0.25) is 5.89 Å². The van der Waals surface area contributed by atoms with Gasteiger partial charge in [0.25, 0.3) is 0 Å². The van der Waals surface area contributed by atoms with Crippen molar-refractivity contribution in [3.8, 4) is 0 Å². The third-order valence-corrected chi connectivity index (χ3v) is 1.85. The maximum atomic E-state index is 5.49. The molecule has 0 aliphatic heterocycles. The summed E-state index contributed by atoms with van der Waals surface area (Å²) in [5.74, 6) is 2.15. The lowest BCUT2D eigenvalue weighted by molar-refractivity contribution is 0.355. The van der Waals surface area contributed by atoms with Gasteiger partial charge in [-0.1, -0.05) is 25.9 Å². The van der Waals surface area contributed by atoms with E-state index < -0.39 is 0 Å². The lowest BCUT2D eigenvalue weighted by atomic mass is 10.1. The van der Waals surface area contributed by atoms with Gasteiger partial charge >= 0.3 is 0 Å². The molecule has 0 aliphatic rings. The molecule has 0 saturated carbocycles. The molecule has 4 heteroatoms. The van der Waals surface area contributed by atoms with Gasteiger partial charge in [0.1, 0.15) is 0 Å². The molecule has 0 fully saturated rings. The second-order valence-corrected chi connectivity index (χ2v) is 3.78. The van der Waals surface area contributed by atoms with E-state index in [4.69, 9.17) is 10.3 Å². The van der Waals surface area contributed by atoms with Crippen LogP contribution in [0.5, 0.6) is 0 Å². The van der Waals surface area contributed by atoms with Crippen molar-refractivity contribution < 1.29 is 4.52 Å². The second-order valence-electron chi connectivity index (χ2n) is 3.78. The van der Waals surface area contributed by atoms with Gasteiger partial charge in [-0.25, -0.2) is 0 Å². The minimum absolute atomic E-state index is 0.161. The molecule has 0 spiro atoms. The molecule has 1 atom stereocenters. The van der Waals surface area contributed by atoms with Crippen molar-refractivity contribution in [2.45, 2.75) is 33.1 Å². The van der Waals surface area contributed by atoms with E-state index in [9.17, 15) is 0 Å². The van der Waals surface area contributed by atoms with Crippen LogP contribution in [-0.2, 0) is 6.42 Å². The molecule has 74 valence electrons. The average Bonchev–Trinajstić information content (AvgIpc) is 2.50. The average molecular weight is 183 g/mol. The molecule has 1 unspecified atom stereocenters. The Morgan fingerprint density at radius 3 is 2.62 bits per heavy atom. The Labute approximate surface area is 78.5 Å². The van der Waals surface area contributed by atoms with Crippen LogP contribution in [0.4, 0.5) is 0 Å². The SMILES string of the molecule is CC(C)Cc1noc(C(C)CN)n1. The third-order valence-electron chi connectivity index (χ3n) is 1.85. The highest BCUT2D eigenvalue weighted by Crippen LogP contribution is 2.12. The van der Waals surface area contributed by atoms with E-state index in [0.29, 0.717) is 18.4 Å². The quantitative estimate of drug-likeness (QED) is 0.764. The molecule has 0 radical (unpaired) electrons. The Morgan fingerprint density at radius 2 is 2.08 bits per heavy atom. The van der Waals surface area contributed by atoms with Crippen molar-refractivity contribution >= 4 is 0 Å². The molecule has 0 aromatic carbocycles. The molecule has 0 saturated heterocycles. The topological polar surface area (TPSA) is 64.9 Å². The van der Waals surface area contributed by atoms with Crippen LogP contribution >= 0.6 is 0 Å². The van der Waals surface area contributed by atoms with Crippen LogP contribution in [0.25, 0.3) is 0 Å². The van der Waals surface area contributed by atoms with Gasteiger partial charge in [0.05, 0.1) is 0 Å². The molecule has 1 aromatic rings. The number of rotatable bonds is 4. The van der Waals surface area contributed by atoms with E-state index in [2.05, 4.69) is 24.0 Å². The van der Waals surface area contributed by atoms with Crippen LogP contribution in [0.2, 0.25) is 0 Å². The van der Waals surface area contributed by atoms with Crippen LogP contribution in [0.1, 0.15) is 38.4 Å². The van der Waals surface area contributed by atoms with Crippen LogP contribution in [0, 0.1) is 5.92 Å². The smallest absolute Gasteiger partial charge is 0.230 e. The van der Waals surface area contributed by atoms with E-state index in [1.807, 2.05) is 6.92 Å². The zero-order valence-corrected chi connectivity index (χ0v) is 8.45. The van der Waals surface area contributed by atoms with Gasteiger partial charge in [-0.15, -0.1) is 0 Å². The van der Waals surface area contributed by atoms with Gasteiger partial charge in [0, 0.05) is 18.9 Å². The van der Waals surface area contributed by atoms with E-state index in [1.165, 1.54) is 0 Å². The van der Waals surface area contributed by atoms with Gasteiger partial charge < -0.3 is 10.3 Å². The van der Waals surface area contributed by atoms with Gasteiger partial charge in [-0.05, 0) is 5.92 Å². The Bertz CT molecular complexity index is 257. The standard InChI is InChI=1S/C9H17N3O/c1-6(2)4-8-11-9(13-12-8)7(3)5-10/h6-7H,4-5,10H2,1-3H3. The fourth-order valence-corrected chi connectivity index (χ4v) is 1.02. The maximum Gasteiger partial charge on any atom is 0.230 e. The highest BCUT2D eigenvalue weighted by atomic mass is 16.5. The number of hydrogen-bond donors (Lipinski definition) is 1. The number of hydrogen-bond acceptors (Lipinski definition) is 4.